The first-order valence-electron chi connectivity index (χ1n) is 11.8. The molecule has 3 aromatic rings. The Hall–Kier alpha value is -3.63. The molecule has 11 heteroatoms. The Balaban J connectivity index is 1.33. The Morgan fingerprint density at radius 1 is 1.03 bits per heavy atom. The fourth-order valence-corrected chi connectivity index (χ4v) is 4.93. The lowest BCUT2D eigenvalue weighted by atomic mass is 10.0. The molecular weight excluding hydrogens is 486 g/mol. The van der Waals surface area contributed by atoms with Crippen molar-refractivity contribution < 1.29 is 19.0 Å². The number of benzene rings is 2. The minimum absolute atomic E-state index is 0.0875. The molecule has 36 heavy (non-hydrogen) atoms. The first-order valence-corrected chi connectivity index (χ1v) is 12.2. The smallest absolute Gasteiger partial charge is 0.292 e. The van der Waals surface area contributed by atoms with E-state index >= 15 is 0 Å². The molecule has 1 aromatic heterocycles. The summed E-state index contributed by atoms with van der Waals surface area (Å²) in [4.78, 5) is 30.7. The zero-order chi connectivity index (χ0) is 25.2. The van der Waals surface area contributed by atoms with Crippen LogP contribution in [0.4, 0.5) is 17.1 Å². The van der Waals surface area contributed by atoms with E-state index in [9.17, 15) is 14.9 Å². The third-order valence-electron chi connectivity index (χ3n) is 6.65. The van der Waals surface area contributed by atoms with Crippen molar-refractivity contribution in [3.63, 3.8) is 0 Å². The number of hydrogen-bond acceptors (Lipinski definition) is 8. The van der Waals surface area contributed by atoms with Crippen LogP contribution in [0.3, 0.4) is 0 Å². The van der Waals surface area contributed by atoms with Gasteiger partial charge in [0, 0.05) is 56.6 Å². The highest BCUT2D eigenvalue weighted by molar-refractivity contribution is 6.33. The lowest BCUT2D eigenvalue weighted by Crippen LogP contribution is -2.49. The first kappa shape index (κ1) is 24.1. The van der Waals surface area contributed by atoms with E-state index in [0.29, 0.717) is 85.8 Å². The first-order chi connectivity index (χ1) is 17.4. The molecule has 0 atom stereocenters. The normalized spacial score (nSPS) is 16.3. The van der Waals surface area contributed by atoms with Gasteiger partial charge in [0.1, 0.15) is 22.7 Å². The van der Waals surface area contributed by atoms with E-state index in [1.54, 1.807) is 30.0 Å². The van der Waals surface area contributed by atoms with Crippen molar-refractivity contribution in [3.8, 4) is 11.3 Å². The molecule has 3 heterocycles. The number of nitro benzene ring substituents is 1. The Labute approximate surface area is 213 Å². The van der Waals surface area contributed by atoms with Crippen LogP contribution in [0.2, 0.25) is 5.02 Å². The number of anilines is 2. The minimum atomic E-state index is -0.344. The highest BCUT2D eigenvalue weighted by atomic mass is 35.5. The van der Waals surface area contributed by atoms with Crippen molar-refractivity contribution in [1.82, 2.24) is 10.1 Å². The molecular formula is C25H26ClN5O5. The Bertz CT molecular complexity index is 1280. The van der Waals surface area contributed by atoms with Gasteiger partial charge in [0.15, 0.2) is 0 Å². The third kappa shape index (κ3) is 4.61. The predicted molar refractivity (Wildman–Crippen MR) is 136 cm³/mol. The molecule has 10 nitrogen and oxygen atoms in total. The van der Waals surface area contributed by atoms with E-state index < -0.39 is 0 Å². The number of piperazine rings is 1. The summed E-state index contributed by atoms with van der Waals surface area (Å²) in [6.07, 6.45) is 0. The molecule has 0 saturated carbocycles. The topological polar surface area (TPSA) is 105 Å². The van der Waals surface area contributed by atoms with Crippen LogP contribution in [0.25, 0.3) is 11.3 Å². The Morgan fingerprint density at radius 2 is 1.75 bits per heavy atom. The quantitative estimate of drug-likeness (QED) is 0.374. The van der Waals surface area contributed by atoms with Gasteiger partial charge < -0.3 is 24.0 Å². The molecule has 2 saturated heterocycles. The summed E-state index contributed by atoms with van der Waals surface area (Å²) in [5.74, 6) is 0.295. The molecule has 0 unspecified atom stereocenters. The van der Waals surface area contributed by atoms with Crippen molar-refractivity contribution in [2.24, 2.45) is 0 Å². The fourth-order valence-electron chi connectivity index (χ4n) is 4.71. The van der Waals surface area contributed by atoms with Gasteiger partial charge in [0.05, 0.1) is 23.2 Å². The van der Waals surface area contributed by atoms with Gasteiger partial charge in [-0.15, -0.1) is 0 Å². The summed E-state index contributed by atoms with van der Waals surface area (Å²) in [7, 11) is 0. The number of halogens is 1. The van der Waals surface area contributed by atoms with Crippen LogP contribution in [-0.4, -0.2) is 73.4 Å². The average Bonchev–Trinajstić information content (AvgIpc) is 3.29. The van der Waals surface area contributed by atoms with E-state index in [1.165, 1.54) is 0 Å². The van der Waals surface area contributed by atoms with Crippen molar-refractivity contribution in [2.45, 2.75) is 6.92 Å². The van der Waals surface area contributed by atoms with Gasteiger partial charge in [-0.25, -0.2) is 0 Å². The molecule has 0 radical (unpaired) electrons. The number of rotatable bonds is 5. The van der Waals surface area contributed by atoms with Crippen LogP contribution in [0, 0.1) is 17.0 Å². The summed E-state index contributed by atoms with van der Waals surface area (Å²) >= 11 is 6.35. The van der Waals surface area contributed by atoms with Gasteiger partial charge in [-0.2, -0.15) is 0 Å². The van der Waals surface area contributed by atoms with E-state index in [4.69, 9.17) is 20.9 Å². The second-order valence-electron chi connectivity index (χ2n) is 8.75. The number of hydrogen-bond donors (Lipinski definition) is 0. The van der Waals surface area contributed by atoms with Crippen molar-refractivity contribution in [1.29, 1.82) is 0 Å². The number of nitro groups is 1. The van der Waals surface area contributed by atoms with Crippen molar-refractivity contribution in [2.75, 3.05) is 62.3 Å². The van der Waals surface area contributed by atoms with Crippen molar-refractivity contribution >= 4 is 34.6 Å². The molecule has 0 aliphatic carbocycles. The van der Waals surface area contributed by atoms with Crippen LogP contribution < -0.4 is 9.80 Å². The van der Waals surface area contributed by atoms with E-state index in [0.717, 1.165) is 5.69 Å². The maximum Gasteiger partial charge on any atom is 0.292 e. The van der Waals surface area contributed by atoms with Crippen LogP contribution in [0.15, 0.2) is 47.0 Å². The number of aromatic nitrogens is 1. The summed E-state index contributed by atoms with van der Waals surface area (Å²) in [5.41, 5.74) is 3.09. The molecule has 2 aromatic carbocycles. The maximum absolute atomic E-state index is 13.5. The second kappa shape index (κ2) is 10.2. The summed E-state index contributed by atoms with van der Waals surface area (Å²) in [6, 6.07) is 12.4. The highest BCUT2D eigenvalue weighted by Gasteiger charge is 2.30. The lowest BCUT2D eigenvalue weighted by molar-refractivity contribution is -0.384. The second-order valence-corrected chi connectivity index (χ2v) is 9.16. The average molecular weight is 512 g/mol. The van der Waals surface area contributed by atoms with E-state index in [1.807, 2.05) is 29.2 Å². The largest absolute Gasteiger partial charge is 0.378 e. The van der Waals surface area contributed by atoms with Gasteiger partial charge in [-0.3, -0.25) is 14.9 Å². The predicted octanol–water partition coefficient (Wildman–Crippen LogP) is 4.01. The number of morpholine rings is 1. The van der Waals surface area contributed by atoms with E-state index in [2.05, 4.69) is 10.1 Å². The molecule has 0 bridgehead atoms. The molecule has 2 aliphatic heterocycles. The van der Waals surface area contributed by atoms with Gasteiger partial charge in [-0.05, 0) is 25.1 Å². The number of aryl methyl sites for hydroxylation is 1. The molecule has 2 fully saturated rings. The molecule has 188 valence electrons. The summed E-state index contributed by atoms with van der Waals surface area (Å²) in [5, 5.41) is 16.2. The zero-order valence-corrected chi connectivity index (χ0v) is 20.6. The Kier molecular flexibility index (Phi) is 6.80. The maximum atomic E-state index is 13.5. The monoisotopic (exact) mass is 511 g/mol. The van der Waals surface area contributed by atoms with Crippen LogP contribution in [0.1, 0.15) is 16.1 Å². The number of carbonyl (C=O) groups is 1. The molecule has 1 amide bonds. The van der Waals surface area contributed by atoms with E-state index in [-0.39, 0.29) is 16.5 Å². The Morgan fingerprint density at radius 3 is 2.44 bits per heavy atom. The number of nitrogens with zero attached hydrogens (tertiary/aromatic N) is 5. The molecule has 2 aliphatic rings. The fraction of sp³-hybridized carbons (Fsp3) is 0.360. The standard InChI is InChI=1S/C25H26ClN5O5/c1-17-23(24(27-36-17)19-4-2-3-5-20(19)26)25(32)30-10-8-28(9-11-30)18-6-7-21(31(33)34)22(16-18)29-12-14-35-15-13-29/h2-7,16H,8-15H2,1H3. The highest BCUT2D eigenvalue weighted by Crippen LogP contribution is 2.35. The van der Waals surface area contributed by atoms with Gasteiger partial charge in [-0.1, -0.05) is 35.0 Å². The summed E-state index contributed by atoms with van der Waals surface area (Å²) in [6.45, 7) is 6.21. The molecule has 0 N–H and O–H groups in total. The molecule has 5 rings (SSSR count). The van der Waals surface area contributed by atoms with Crippen LogP contribution in [-0.2, 0) is 4.74 Å². The van der Waals surface area contributed by atoms with Crippen molar-refractivity contribution in [3.05, 3.63) is 68.9 Å². The van der Waals surface area contributed by atoms with Gasteiger partial charge >= 0.3 is 0 Å². The van der Waals surface area contributed by atoms with Gasteiger partial charge in [0.25, 0.3) is 11.6 Å². The van der Waals surface area contributed by atoms with Gasteiger partial charge in [0.2, 0.25) is 0 Å². The van der Waals surface area contributed by atoms with Crippen LogP contribution in [0.5, 0.6) is 0 Å². The number of amides is 1. The SMILES string of the molecule is Cc1onc(-c2ccccc2Cl)c1C(=O)N1CCN(c2ccc([N+](=O)[O-])c(N3CCOCC3)c2)CC1. The minimum Gasteiger partial charge on any atom is -0.378 e. The third-order valence-corrected chi connectivity index (χ3v) is 6.97. The number of carbonyl (C=O) groups excluding carboxylic acids is 1. The van der Waals surface area contributed by atoms with Crippen LogP contribution >= 0.6 is 11.6 Å². The zero-order valence-electron chi connectivity index (χ0n) is 19.9. The lowest BCUT2D eigenvalue weighted by Gasteiger charge is -2.37. The summed E-state index contributed by atoms with van der Waals surface area (Å²) < 4.78 is 10.8. The molecule has 0 spiro atoms. The number of ether oxygens (including phenoxy) is 1.